The summed E-state index contributed by atoms with van der Waals surface area (Å²) in [5.41, 5.74) is 14.8. The van der Waals surface area contributed by atoms with Crippen LogP contribution in [-0.2, 0) is 46.4 Å². The molecule has 0 amide bonds. The second kappa shape index (κ2) is 36.8. The van der Waals surface area contributed by atoms with Crippen LogP contribution in [0.4, 0.5) is 42.6 Å². The monoisotopic (exact) mass is 1480 g/mol. The first-order valence-electron chi connectivity index (χ1n) is 33.2. The van der Waals surface area contributed by atoms with Gasteiger partial charge >= 0.3 is 41.5 Å². The molecule has 14 rings (SSSR count). The van der Waals surface area contributed by atoms with E-state index in [2.05, 4.69) is 66.4 Å². The van der Waals surface area contributed by atoms with E-state index >= 15 is 0 Å². The Morgan fingerprint density at radius 2 is 1.04 bits per heavy atom. The molecule has 537 valence electrons. The van der Waals surface area contributed by atoms with Crippen molar-refractivity contribution in [2.24, 2.45) is 17.1 Å². The van der Waals surface area contributed by atoms with Crippen LogP contribution in [0.3, 0.4) is 0 Å². The van der Waals surface area contributed by atoms with E-state index in [4.69, 9.17) is 32.1 Å². The average Bonchev–Trinajstić information content (AvgIpc) is 1.69. The Bertz CT molecular complexity index is 4700. The molecule has 0 atom stereocenters. The fraction of sp³-hybridized carbons (Fsp3) is 0.352. The van der Waals surface area contributed by atoms with Crippen LogP contribution in [-0.4, -0.2) is 150 Å². The Labute approximate surface area is 639 Å². The third kappa shape index (κ3) is 20.1. The van der Waals surface area contributed by atoms with Crippen LogP contribution in [0.15, 0.2) is 110 Å². The summed E-state index contributed by atoms with van der Waals surface area (Å²) in [6.45, 7) is 12.9. The Morgan fingerprint density at radius 3 is 1.35 bits per heavy atom. The topological polar surface area (TPSA) is 335 Å². The predicted octanol–water partition coefficient (Wildman–Crippen LogP) is 8.08. The molecule has 2 aromatic carbocycles. The van der Waals surface area contributed by atoms with Crippen molar-refractivity contribution >= 4 is 112 Å². The summed E-state index contributed by atoms with van der Waals surface area (Å²) in [7, 11) is 8.14. The molecule has 33 heteroatoms. The van der Waals surface area contributed by atoms with E-state index in [1.807, 2.05) is 93.6 Å². The molecule has 2 aliphatic heterocycles. The molecule has 26 nitrogen and oxygen atoms in total. The number of nitrogens with two attached hydrogens (primary N) is 1. The molecule has 2 aliphatic carbocycles. The molecule has 0 spiro atoms. The number of ketones is 1. The number of benzene rings is 2. The number of aliphatic hydroxyl groups excluding tert-OH is 2. The summed E-state index contributed by atoms with van der Waals surface area (Å²) >= 11 is 2.57. The quantitative estimate of drug-likeness (QED) is 0.0467. The molecular formula is C71H77BClF2N17NaO9S2. The molecule has 4 fully saturated rings. The number of rotatable bonds is 16. The smallest absolute Gasteiger partial charge is 0.793 e. The zero-order chi connectivity index (χ0) is 74.3. The van der Waals surface area contributed by atoms with Crippen LogP contribution in [0, 0.1) is 45.6 Å². The standard InChI is InChI=1S/C32H31FN8OS.C27H21FN8OS.C4H9NO.C4H6O4.C2H3BO2.C2H6.ClH.Na/c1-3-25-29(39(2)31-38-28(26(13-34)43-31)21-4-7-24(33)8-5-21)41-18-22(6-9-27(41)37-25)23-14-35-30(36-15-23)40-16-20(17-40)12-32(19-42)10-11-32;1-3-21-25(34(2)27-33-24(22(10-29)38-27)16-4-7-19(28)8-5-16)36-13-17(6-9-23(36)32-21)18-11-30-26(31-12-18)35-14-20(37)15-35;5-4(3-6)1-2-4;1-3(5)7-8-4(2)6;1-2(4)5-3;1-2;;/h4-9,14-15,18,20,42H,3,10-12,16-17,19H2,1-2H3;4-9,11-13H,3,14-15H2,1-2H3;6H,1-3,5H2;1-2H3;1H3;1-2H3;1H;/q;;;;-1;;;+1/i;;;;;1D;;. The van der Waals surface area contributed by atoms with E-state index in [1.54, 1.807) is 43.6 Å². The largest absolute Gasteiger partial charge is 1.00 e. The number of hydrogen-bond donors (Lipinski definition) is 3. The number of fused-ring (bicyclic) bond motifs is 2. The van der Waals surface area contributed by atoms with Crippen molar-refractivity contribution in [3.05, 3.63) is 143 Å². The second-order valence-corrected chi connectivity index (χ2v) is 26.3. The summed E-state index contributed by atoms with van der Waals surface area (Å²) in [5, 5.41) is 38.8. The van der Waals surface area contributed by atoms with E-state index in [9.17, 15) is 43.6 Å². The fourth-order valence-electron chi connectivity index (χ4n) is 10.8. The fourth-order valence-corrected chi connectivity index (χ4v) is 12.5. The van der Waals surface area contributed by atoms with Gasteiger partial charge in [0.2, 0.25) is 17.9 Å². The summed E-state index contributed by atoms with van der Waals surface area (Å²) < 4.78 is 40.8. The molecule has 10 heterocycles. The van der Waals surface area contributed by atoms with Gasteiger partial charge in [-0.3, -0.25) is 18.4 Å². The summed E-state index contributed by atoms with van der Waals surface area (Å²) in [4.78, 5) is 94.4. The average molecular weight is 1480 g/mol. The number of carbonyl (C=O) groups excluding carboxylic acids is 4. The first kappa shape index (κ1) is 80.3. The number of thiazole rings is 2. The molecular weight excluding hydrogens is 1410 g/mol. The summed E-state index contributed by atoms with van der Waals surface area (Å²) in [5.74, 6) is 1.33. The van der Waals surface area contributed by atoms with Gasteiger partial charge in [-0.2, -0.15) is 10.5 Å². The number of aliphatic hydroxyl groups is 2. The van der Waals surface area contributed by atoms with Crippen molar-refractivity contribution in [1.82, 2.24) is 48.7 Å². The van der Waals surface area contributed by atoms with Crippen molar-refractivity contribution in [2.45, 2.75) is 98.9 Å². The number of hydrogen-bond acceptors (Lipinski definition) is 26. The number of nitrogens with zero attached hydrogens (tertiary/aromatic N) is 16. The molecule has 3 radical (unpaired) electrons. The number of aryl methyl sites for hydroxylation is 2. The molecule has 4 N–H and O–H groups in total. The number of carbonyl (C=O) groups is 4. The van der Waals surface area contributed by atoms with Gasteiger partial charge in [-0.05, 0) is 129 Å². The number of pyridine rings is 2. The number of anilines is 6. The molecule has 0 unspecified atom stereocenters. The third-order valence-corrected chi connectivity index (χ3v) is 18.8. The van der Waals surface area contributed by atoms with E-state index in [1.165, 1.54) is 53.9 Å². The SMILES string of the molecule is CC(=O)OOC(C)=O.CCc1nc2ccc(-c3cnc(N4CC(=O)C4)nc3)cn2c1N(C)c1nc(-c2ccc(F)cc2)c(C#N)s1.CCc1nc2ccc(-c3cnc(N4CC(CC5(CO)CC5)C4)nc3)cn2c1N(C)c1nc(-c2ccc(F)cc2)c(C#N)s1.Cl.NC1(CO)CC1.[2H]CC.[B-]OC(C)=O.[Na+]. The van der Waals surface area contributed by atoms with Crippen molar-refractivity contribution in [3.63, 3.8) is 0 Å². The first-order valence-corrected chi connectivity index (χ1v) is 34.1. The Morgan fingerprint density at radius 1 is 0.654 bits per heavy atom. The minimum Gasteiger partial charge on any atom is -0.793 e. The maximum atomic E-state index is 13.5. The zero-order valence-corrected chi connectivity index (χ0v) is 63.4. The van der Waals surface area contributed by atoms with Crippen molar-refractivity contribution in [3.8, 4) is 56.9 Å². The van der Waals surface area contributed by atoms with Crippen molar-refractivity contribution in [2.75, 3.05) is 73.1 Å². The zero-order valence-electron chi connectivity index (χ0n) is 59.9. The number of halogens is 3. The maximum Gasteiger partial charge on any atom is 1.00 e. The molecule has 2 saturated carbocycles. The molecule has 104 heavy (non-hydrogen) atoms. The van der Waals surface area contributed by atoms with Crippen LogP contribution in [0.5, 0.6) is 0 Å². The van der Waals surface area contributed by atoms with Crippen LogP contribution in [0.25, 0.3) is 56.1 Å². The Kier molecular flexibility index (Phi) is 28.4. The van der Waals surface area contributed by atoms with Gasteiger partial charge in [0.05, 0.1) is 31.1 Å². The minimum atomic E-state index is -0.639. The molecule has 2 saturated heterocycles. The van der Waals surface area contributed by atoms with Crippen molar-refractivity contribution < 1.29 is 83.5 Å². The van der Waals surface area contributed by atoms with Gasteiger partial charge in [0.25, 0.3) is 0 Å². The van der Waals surface area contributed by atoms with Gasteiger partial charge in [-0.25, -0.2) is 68.0 Å². The van der Waals surface area contributed by atoms with Crippen LogP contribution < -0.4 is 54.9 Å². The number of Topliss-reactive ketones (excluding diaryl/α,β-unsaturated/α-hetero) is 1. The van der Waals surface area contributed by atoms with Crippen molar-refractivity contribution in [1.29, 1.82) is 10.5 Å². The van der Waals surface area contributed by atoms with Crippen LogP contribution in [0.1, 0.15) is 103 Å². The summed E-state index contributed by atoms with van der Waals surface area (Å²) in [6, 6.07) is 24.4. The minimum absolute atomic E-state index is 0. The number of aromatic nitrogens is 10. The second-order valence-electron chi connectivity index (χ2n) is 24.3. The third-order valence-electron chi connectivity index (χ3n) is 16.7. The van der Waals surface area contributed by atoms with Gasteiger partial charge in [0, 0.05) is 132 Å². The van der Waals surface area contributed by atoms with Gasteiger partial charge in [0.1, 0.15) is 67.8 Å². The number of imidazole rings is 2. The van der Waals surface area contributed by atoms with Crippen LogP contribution in [0.2, 0.25) is 0 Å². The van der Waals surface area contributed by atoms with Gasteiger partial charge in [-0.15, -0.1) is 12.4 Å². The van der Waals surface area contributed by atoms with E-state index in [0.717, 1.165) is 122 Å². The predicted molar refractivity (Wildman–Crippen MR) is 391 cm³/mol. The summed E-state index contributed by atoms with van der Waals surface area (Å²) in [6.07, 6.45) is 18.1. The van der Waals surface area contributed by atoms with Gasteiger partial charge < -0.3 is 48.2 Å². The molecule has 10 aromatic rings. The maximum absolute atomic E-state index is 13.5. The van der Waals surface area contributed by atoms with E-state index < -0.39 is 17.9 Å². The molecule has 4 aliphatic rings. The van der Waals surface area contributed by atoms with Crippen LogP contribution >= 0.6 is 35.1 Å². The van der Waals surface area contributed by atoms with E-state index in [0.29, 0.717) is 93.8 Å². The normalized spacial score (nSPS) is 14.0. The Balaban J connectivity index is 0.000000225. The van der Waals surface area contributed by atoms with Gasteiger partial charge in [-0.1, -0.05) is 50.3 Å². The van der Waals surface area contributed by atoms with E-state index in [-0.39, 0.29) is 76.9 Å². The van der Waals surface area contributed by atoms with Gasteiger partial charge in [0.15, 0.2) is 16.0 Å². The molecule has 8 aromatic heterocycles. The Hall–Kier alpha value is -9.41. The first-order chi connectivity index (χ1) is 49.4. The molecule has 0 bridgehead atoms. The number of nitriles is 2.